The number of amides is 2. The van der Waals surface area contributed by atoms with Gasteiger partial charge < -0.3 is 10.6 Å². The molecule has 1 aliphatic heterocycles. The molecule has 3 N–H and O–H groups in total. The molecule has 0 aromatic carbocycles. The molecule has 1 saturated heterocycles. The Kier molecular flexibility index (Phi) is 3.14. The minimum absolute atomic E-state index is 0.000255. The molecule has 1 saturated carbocycles. The van der Waals surface area contributed by atoms with Gasteiger partial charge in [-0.2, -0.15) is 0 Å². The molecule has 0 aromatic heterocycles. The molecule has 0 bridgehead atoms. The Morgan fingerprint density at radius 3 is 2.81 bits per heavy atom. The second-order valence-corrected chi connectivity index (χ2v) is 4.81. The molecule has 0 radical (unpaired) electrons. The van der Waals surface area contributed by atoms with E-state index in [0.717, 1.165) is 13.0 Å². The maximum atomic E-state index is 11.8. The normalized spacial score (nSPS) is 27.1. The summed E-state index contributed by atoms with van der Waals surface area (Å²) in [6.07, 6.45) is 3.57. The Balaban J connectivity index is 1.73. The van der Waals surface area contributed by atoms with E-state index < -0.39 is 0 Å². The number of piperazine rings is 1. The first-order chi connectivity index (χ1) is 7.65. The van der Waals surface area contributed by atoms with Gasteiger partial charge in [0.05, 0.1) is 6.54 Å². The Bertz CT molecular complexity index is 290. The number of hydrogen-bond acceptors (Lipinski definition) is 3. The van der Waals surface area contributed by atoms with Crippen molar-refractivity contribution in [3.63, 3.8) is 0 Å². The van der Waals surface area contributed by atoms with E-state index in [1.165, 1.54) is 12.8 Å². The molecule has 2 rings (SSSR count). The summed E-state index contributed by atoms with van der Waals surface area (Å²) >= 11 is 0. The molecule has 1 atom stereocenters. The molecule has 1 aliphatic carbocycles. The minimum Gasteiger partial charge on any atom is -0.354 e. The number of rotatable bonds is 4. The Morgan fingerprint density at radius 1 is 1.56 bits per heavy atom. The van der Waals surface area contributed by atoms with Crippen LogP contribution in [0.3, 0.4) is 0 Å². The number of hydrogen-bond donors (Lipinski definition) is 3. The minimum atomic E-state index is -0.273. The van der Waals surface area contributed by atoms with Crippen molar-refractivity contribution in [2.75, 3.05) is 19.6 Å². The van der Waals surface area contributed by atoms with Crippen LogP contribution in [-0.4, -0.2) is 37.5 Å². The van der Waals surface area contributed by atoms with E-state index in [-0.39, 0.29) is 24.4 Å². The zero-order valence-corrected chi connectivity index (χ0v) is 9.64. The highest BCUT2D eigenvalue weighted by atomic mass is 16.2. The fraction of sp³-hybridized carbons (Fsp3) is 0.818. The smallest absolute Gasteiger partial charge is 0.238 e. The van der Waals surface area contributed by atoms with E-state index in [0.29, 0.717) is 12.0 Å². The van der Waals surface area contributed by atoms with E-state index in [9.17, 15) is 9.59 Å². The van der Waals surface area contributed by atoms with E-state index in [1.807, 2.05) is 0 Å². The first kappa shape index (κ1) is 11.4. The average Bonchev–Trinajstić information content (AvgIpc) is 3.08. The third-order valence-electron chi connectivity index (χ3n) is 3.67. The van der Waals surface area contributed by atoms with Crippen molar-refractivity contribution in [2.45, 2.75) is 32.2 Å². The first-order valence-electron chi connectivity index (χ1n) is 5.93. The van der Waals surface area contributed by atoms with Gasteiger partial charge in [-0.3, -0.25) is 14.9 Å². The first-order valence-corrected chi connectivity index (χ1v) is 5.93. The molecular formula is C11H19N3O2. The van der Waals surface area contributed by atoms with E-state index in [2.05, 4.69) is 22.9 Å². The van der Waals surface area contributed by atoms with Gasteiger partial charge in [0.15, 0.2) is 0 Å². The maximum absolute atomic E-state index is 11.8. The molecule has 0 spiro atoms. The van der Waals surface area contributed by atoms with Gasteiger partial charge in [-0.25, -0.2) is 0 Å². The van der Waals surface area contributed by atoms with Gasteiger partial charge in [0.25, 0.3) is 0 Å². The molecule has 16 heavy (non-hydrogen) atoms. The second kappa shape index (κ2) is 4.41. The number of nitrogens with one attached hydrogen (secondary N) is 3. The van der Waals surface area contributed by atoms with Gasteiger partial charge in [-0.1, -0.05) is 6.92 Å². The summed E-state index contributed by atoms with van der Waals surface area (Å²) in [5.41, 5.74) is 0.369. The summed E-state index contributed by atoms with van der Waals surface area (Å²) in [7, 11) is 0. The van der Waals surface area contributed by atoms with Crippen LogP contribution in [0.5, 0.6) is 0 Å². The van der Waals surface area contributed by atoms with Crippen molar-refractivity contribution in [1.82, 2.24) is 16.0 Å². The van der Waals surface area contributed by atoms with Crippen LogP contribution in [-0.2, 0) is 9.59 Å². The highest BCUT2D eigenvalue weighted by molar-refractivity contribution is 5.86. The molecule has 2 aliphatic rings. The summed E-state index contributed by atoms with van der Waals surface area (Å²) in [4.78, 5) is 22.7. The zero-order valence-electron chi connectivity index (χ0n) is 9.64. The average molecular weight is 225 g/mol. The van der Waals surface area contributed by atoms with Crippen molar-refractivity contribution in [1.29, 1.82) is 0 Å². The molecule has 1 heterocycles. The van der Waals surface area contributed by atoms with Crippen LogP contribution in [0.25, 0.3) is 0 Å². The van der Waals surface area contributed by atoms with E-state index in [4.69, 9.17) is 0 Å². The molecule has 2 amide bonds. The summed E-state index contributed by atoms with van der Waals surface area (Å²) in [5.74, 6) is -0.0454. The lowest BCUT2D eigenvalue weighted by atomic mass is 10.0. The van der Waals surface area contributed by atoms with Gasteiger partial charge in [0, 0.05) is 13.1 Å². The van der Waals surface area contributed by atoms with Crippen LogP contribution < -0.4 is 16.0 Å². The Hall–Kier alpha value is -1.10. The van der Waals surface area contributed by atoms with Crippen molar-refractivity contribution < 1.29 is 9.59 Å². The van der Waals surface area contributed by atoms with Gasteiger partial charge in [0.2, 0.25) is 11.8 Å². The highest BCUT2D eigenvalue weighted by Crippen LogP contribution is 2.47. The van der Waals surface area contributed by atoms with Crippen LogP contribution in [0, 0.1) is 5.41 Å². The van der Waals surface area contributed by atoms with Crippen LogP contribution in [0.4, 0.5) is 0 Å². The topological polar surface area (TPSA) is 70.2 Å². The predicted octanol–water partition coefficient (Wildman–Crippen LogP) is -0.619. The molecule has 5 heteroatoms. The van der Waals surface area contributed by atoms with Gasteiger partial charge in [0.1, 0.15) is 6.04 Å². The van der Waals surface area contributed by atoms with Crippen molar-refractivity contribution in [2.24, 2.45) is 5.41 Å². The third-order valence-corrected chi connectivity index (χ3v) is 3.67. The molecular weight excluding hydrogens is 206 g/mol. The Morgan fingerprint density at radius 2 is 2.31 bits per heavy atom. The molecule has 2 fully saturated rings. The predicted molar refractivity (Wildman–Crippen MR) is 59.8 cm³/mol. The van der Waals surface area contributed by atoms with Crippen molar-refractivity contribution in [3.8, 4) is 0 Å². The zero-order chi connectivity index (χ0) is 11.6. The summed E-state index contributed by atoms with van der Waals surface area (Å²) in [5, 5.41) is 8.56. The summed E-state index contributed by atoms with van der Waals surface area (Å²) in [6, 6.07) is -0.273. The van der Waals surface area contributed by atoms with Crippen molar-refractivity contribution >= 4 is 11.8 Å². The van der Waals surface area contributed by atoms with Gasteiger partial charge >= 0.3 is 0 Å². The Labute approximate surface area is 95.3 Å². The van der Waals surface area contributed by atoms with Crippen LogP contribution in [0.2, 0.25) is 0 Å². The lowest BCUT2D eigenvalue weighted by Gasteiger charge is -2.24. The lowest BCUT2D eigenvalue weighted by Crippen LogP contribution is -2.58. The third kappa shape index (κ3) is 2.52. The molecule has 1 unspecified atom stereocenters. The lowest BCUT2D eigenvalue weighted by molar-refractivity contribution is -0.126. The standard InChI is InChI=1S/C11H19N3O2/c1-2-11(3-4-11)7-14-10(16)8-5-13-9(15)6-12-8/h8,12H,2-7H2,1H3,(H,13,15)(H,14,16). The quantitative estimate of drug-likeness (QED) is 0.597. The molecule has 0 aromatic rings. The van der Waals surface area contributed by atoms with Crippen LogP contribution in [0.1, 0.15) is 26.2 Å². The fourth-order valence-corrected chi connectivity index (χ4v) is 1.98. The monoisotopic (exact) mass is 225 g/mol. The van der Waals surface area contributed by atoms with E-state index >= 15 is 0 Å². The second-order valence-electron chi connectivity index (χ2n) is 4.81. The fourth-order valence-electron chi connectivity index (χ4n) is 1.98. The van der Waals surface area contributed by atoms with Crippen LogP contribution >= 0.6 is 0 Å². The van der Waals surface area contributed by atoms with Crippen LogP contribution in [0.15, 0.2) is 0 Å². The SMILES string of the molecule is CCC1(CNC(=O)C2CNC(=O)CN2)CC1. The highest BCUT2D eigenvalue weighted by Gasteiger charge is 2.41. The number of carbonyl (C=O) groups is 2. The van der Waals surface area contributed by atoms with E-state index in [1.54, 1.807) is 0 Å². The molecule has 90 valence electrons. The van der Waals surface area contributed by atoms with Crippen molar-refractivity contribution in [3.05, 3.63) is 0 Å². The van der Waals surface area contributed by atoms with Gasteiger partial charge in [-0.15, -0.1) is 0 Å². The summed E-state index contributed by atoms with van der Waals surface area (Å²) in [6.45, 7) is 3.56. The number of carbonyl (C=O) groups excluding carboxylic acids is 2. The molecule has 5 nitrogen and oxygen atoms in total. The summed E-state index contributed by atoms with van der Waals surface area (Å²) < 4.78 is 0. The maximum Gasteiger partial charge on any atom is 0.238 e. The largest absolute Gasteiger partial charge is 0.354 e. The van der Waals surface area contributed by atoms with Gasteiger partial charge in [-0.05, 0) is 24.7 Å².